The van der Waals surface area contributed by atoms with E-state index in [1.54, 1.807) is 0 Å². The van der Waals surface area contributed by atoms with E-state index in [1.165, 1.54) is 66.8 Å². The highest BCUT2D eigenvalue weighted by Crippen LogP contribution is 2.53. The first-order chi connectivity index (χ1) is 19.9. The van der Waals surface area contributed by atoms with Crippen molar-refractivity contribution in [2.45, 2.75) is 0 Å². The molecule has 0 unspecified atom stereocenters. The van der Waals surface area contributed by atoms with Crippen molar-refractivity contribution in [2.75, 3.05) is 0 Å². The van der Waals surface area contributed by atoms with Crippen LogP contribution in [0, 0.1) is 0 Å². The van der Waals surface area contributed by atoms with E-state index in [-0.39, 0.29) is 0 Å². The highest BCUT2D eigenvalue weighted by Gasteiger charge is 2.29. The van der Waals surface area contributed by atoms with Crippen LogP contribution in [0.15, 0.2) is 158 Å². The molecule has 0 nitrogen and oxygen atoms in total. The predicted molar refractivity (Wildman–Crippen MR) is 171 cm³/mol. The largest absolute Gasteiger partial charge is 0.0622 e. The van der Waals surface area contributed by atoms with E-state index in [0.717, 1.165) is 0 Å². The molecule has 0 fully saturated rings. The average Bonchev–Trinajstić information content (AvgIpc) is 3.03. The Morgan fingerprint density at radius 1 is 0.350 bits per heavy atom. The monoisotopic (exact) mass is 508 g/mol. The van der Waals surface area contributed by atoms with E-state index >= 15 is 0 Å². The molecule has 0 aliphatic heterocycles. The maximum Gasteiger partial charge on any atom is -0.00139 e. The summed E-state index contributed by atoms with van der Waals surface area (Å²) in [7, 11) is 0. The number of hydrogen-bond acceptors (Lipinski definition) is 0. The zero-order valence-electron chi connectivity index (χ0n) is 22.2. The van der Waals surface area contributed by atoms with Gasteiger partial charge in [0.05, 0.1) is 0 Å². The van der Waals surface area contributed by atoms with Gasteiger partial charge < -0.3 is 0 Å². The molecule has 0 heterocycles. The summed E-state index contributed by atoms with van der Waals surface area (Å²) < 4.78 is 0. The number of rotatable bonds is 6. The second kappa shape index (κ2) is 10.5. The molecule has 1 aliphatic carbocycles. The fourth-order valence-electron chi connectivity index (χ4n) is 5.77. The molecule has 0 amide bonds. The summed E-state index contributed by atoms with van der Waals surface area (Å²) >= 11 is 0. The fourth-order valence-corrected chi connectivity index (χ4v) is 5.77. The third-order valence-corrected chi connectivity index (χ3v) is 7.64. The Morgan fingerprint density at radius 3 is 1.38 bits per heavy atom. The van der Waals surface area contributed by atoms with E-state index < -0.39 is 0 Å². The molecule has 6 aromatic rings. The van der Waals surface area contributed by atoms with Crippen LogP contribution in [0.1, 0.15) is 33.4 Å². The van der Waals surface area contributed by atoms with Gasteiger partial charge in [-0.1, -0.05) is 158 Å². The molecule has 0 heteroatoms. The highest BCUT2D eigenvalue weighted by molar-refractivity contribution is 6.13. The fraction of sp³-hybridized carbons (Fsp3) is 0. The van der Waals surface area contributed by atoms with E-state index in [0.29, 0.717) is 0 Å². The summed E-state index contributed by atoms with van der Waals surface area (Å²) in [5.41, 5.74) is 15.0. The zero-order chi connectivity index (χ0) is 26.7. The summed E-state index contributed by atoms with van der Waals surface area (Å²) in [5, 5.41) is 0. The van der Waals surface area contributed by atoms with Gasteiger partial charge in [0.25, 0.3) is 0 Å². The molecule has 0 bridgehead atoms. The second-order valence-electron chi connectivity index (χ2n) is 10.1. The Labute approximate surface area is 236 Å². The van der Waals surface area contributed by atoms with Gasteiger partial charge in [-0.3, -0.25) is 0 Å². The van der Waals surface area contributed by atoms with Gasteiger partial charge >= 0.3 is 0 Å². The van der Waals surface area contributed by atoms with Crippen molar-refractivity contribution >= 4 is 23.3 Å². The maximum absolute atomic E-state index is 2.35. The van der Waals surface area contributed by atoms with Crippen LogP contribution in [0.3, 0.4) is 0 Å². The molecule has 40 heavy (non-hydrogen) atoms. The van der Waals surface area contributed by atoms with Gasteiger partial charge in [-0.05, 0) is 78.9 Å². The first kappa shape index (κ1) is 23.9. The van der Waals surface area contributed by atoms with Crippen molar-refractivity contribution in [3.63, 3.8) is 0 Å². The van der Waals surface area contributed by atoms with Gasteiger partial charge in [-0.2, -0.15) is 0 Å². The minimum Gasteiger partial charge on any atom is -0.0622 e. The van der Waals surface area contributed by atoms with Crippen LogP contribution in [0.25, 0.3) is 45.6 Å². The smallest absolute Gasteiger partial charge is 0.00139 e. The lowest BCUT2D eigenvalue weighted by atomic mass is 9.72. The summed E-state index contributed by atoms with van der Waals surface area (Å²) in [6.45, 7) is 0. The van der Waals surface area contributed by atoms with Crippen molar-refractivity contribution in [1.82, 2.24) is 0 Å². The van der Waals surface area contributed by atoms with Crippen LogP contribution in [-0.4, -0.2) is 0 Å². The highest BCUT2D eigenvalue weighted by atomic mass is 14.3. The van der Waals surface area contributed by atoms with Crippen molar-refractivity contribution < 1.29 is 0 Å². The normalized spacial score (nSPS) is 12.3. The van der Waals surface area contributed by atoms with Gasteiger partial charge in [0.1, 0.15) is 0 Å². The molecular formula is C40H28. The number of benzene rings is 6. The standard InChI is InChI=1S/C40H28/c1-5-15-29(16-6-1)27-37(31-19-9-3-10-20-31)36-26-25-35-33-23-13-14-24-34(33)39(35)40(36)38(32-21-11-4-12-22-32)28-30-17-7-2-8-18-30/h1-28H. The van der Waals surface area contributed by atoms with Crippen LogP contribution >= 0.6 is 0 Å². The van der Waals surface area contributed by atoms with Crippen molar-refractivity contribution in [3.8, 4) is 22.3 Å². The number of hydrogen-bond donors (Lipinski definition) is 0. The Kier molecular flexibility index (Phi) is 6.28. The van der Waals surface area contributed by atoms with E-state index in [1.807, 2.05) is 0 Å². The van der Waals surface area contributed by atoms with E-state index in [4.69, 9.17) is 0 Å². The van der Waals surface area contributed by atoms with Crippen LogP contribution < -0.4 is 0 Å². The third kappa shape index (κ3) is 4.40. The Balaban J connectivity index is 1.57. The van der Waals surface area contributed by atoms with Crippen LogP contribution in [0.4, 0.5) is 0 Å². The van der Waals surface area contributed by atoms with E-state index in [2.05, 4.69) is 170 Å². The molecule has 6 aromatic carbocycles. The lowest BCUT2D eigenvalue weighted by Gasteiger charge is -2.31. The molecule has 0 saturated carbocycles. The first-order valence-corrected chi connectivity index (χ1v) is 13.8. The topological polar surface area (TPSA) is 0 Å². The van der Waals surface area contributed by atoms with Gasteiger partial charge in [0.2, 0.25) is 0 Å². The molecular weight excluding hydrogens is 480 g/mol. The van der Waals surface area contributed by atoms with Crippen LogP contribution in [0.5, 0.6) is 0 Å². The van der Waals surface area contributed by atoms with Crippen LogP contribution in [-0.2, 0) is 0 Å². The quantitative estimate of drug-likeness (QED) is 0.196. The Morgan fingerprint density at radius 2 is 0.800 bits per heavy atom. The van der Waals surface area contributed by atoms with Gasteiger partial charge in [0, 0.05) is 0 Å². The zero-order valence-corrected chi connectivity index (χ0v) is 22.2. The predicted octanol–water partition coefficient (Wildman–Crippen LogP) is 10.5. The molecule has 0 spiro atoms. The third-order valence-electron chi connectivity index (χ3n) is 7.64. The van der Waals surface area contributed by atoms with Crippen molar-refractivity contribution in [2.24, 2.45) is 0 Å². The first-order valence-electron chi connectivity index (χ1n) is 13.8. The molecule has 188 valence electrons. The van der Waals surface area contributed by atoms with E-state index in [9.17, 15) is 0 Å². The minimum absolute atomic E-state index is 1.18. The van der Waals surface area contributed by atoms with Gasteiger partial charge in [-0.15, -0.1) is 0 Å². The molecule has 0 radical (unpaired) electrons. The van der Waals surface area contributed by atoms with Gasteiger partial charge in [0.15, 0.2) is 0 Å². The summed E-state index contributed by atoms with van der Waals surface area (Å²) in [6.07, 6.45) is 4.68. The summed E-state index contributed by atoms with van der Waals surface area (Å²) in [5.74, 6) is 0. The SMILES string of the molecule is C(=C(c1ccccc1)c1ccc2c(c1C(=Cc1ccccc1)c1ccccc1)-c1ccccc1-2)c1ccccc1. The number of fused-ring (bicyclic) bond motifs is 4. The molecule has 0 saturated heterocycles. The Bertz CT molecular complexity index is 1840. The van der Waals surface area contributed by atoms with Crippen molar-refractivity contribution in [3.05, 3.63) is 191 Å². The summed E-state index contributed by atoms with van der Waals surface area (Å²) in [4.78, 5) is 0. The molecule has 7 rings (SSSR count). The molecule has 1 aliphatic rings. The lowest BCUT2D eigenvalue weighted by molar-refractivity contribution is 1.44. The van der Waals surface area contributed by atoms with Gasteiger partial charge in [-0.25, -0.2) is 0 Å². The van der Waals surface area contributed by atoms with Crippen molar-refractivity contribution in [1.29, 1.82) is 0 Å². The summed E-state index contributed by atoms with van der Waals surface area (Å²) in [6, 6.07) is 56.3. The van der Waals surface area contributed by atoms with Crippen LogP contribution in [0.2, 0.25) is 0 Å². The molecule has 0 aromatic heterocycles. The Hall–Kier alpha value is -5.20. The minimum atomic E-state index is 1.18. The lowest BCUT2D eigenvalue weighted by Crippen LogP contribution is -2.07. The second-order valence-corrected chi connectivity index (χ2v) is 10.1. The molecule has 0 N–H and O–H groups in total. The average molecular weight is 509 g/mol. The molecule has 0 atom stereocenters. The maximum atomic E-state index is 2.35.